The van der Waals surface area contributed by atoms with Crippen molar-refractivity contribution >= 4 is 56.5 Å². The smallest absolute Gasteiger partial charge is 0.331 e. The zero-order chi connectivity index (χ0) is 27.0. The van der Waals surface area contributed by atoms with Crippen LogP contribution in [0.2, 0.25) is 0 Å². The number of rotatable bonds is 7. The Kier molecular flexibility index (Phi) is 7.07. The van der Waals surface area contributed by atoms with E-state index in [1.807, 2.05) is 39.0 Å². The SMILES string of the molecule is C=CC(=O)NC1CCCC[C@@H]1NC(=O)c1sc2nccc3c2c1NC(=O)N3c1ccc(OC(C)C)cc1C. The number of pyridine rings is 1. The molecule has 1 fully saturated rings. The van der Waals surface area contributed by atoms with Crippen LogP contribution < -0.4 is 25.6 Å². The van der Waals surface area contributed by atoms with Gasteiger partial charge in [0, 0.05) is 18.3 Å². The molecule has 0 saturated heterocycles. The number of aromatic nitrogens is 1. The van der Waals surface area contributed by atoms with E-state index in [0.717, 1.165) is 48.1 Å². The Morgan fingerprint density at radius 2 is 1.92 bits per heavy atom. The molecule has 1 aliphatic heterocycles. The molecule has 0 spiro atoms. The minimum Gasteiger partial charge on any atom is -0.491 e. The average molecular weight is 534 g/mol. The molecule has 3 N–H and O–H groups in total. The summed E-state index contributed by atoms with van der Waals surface area (Å²) in [6.45, 7) is 9.38. The summed E-state index contributed by atoms with van der Waals surface area (Å²) in [6.07, 6.45) is 6.41. The summed E-state index contributed by atoms with van der Waals surface area (Å²) in [5.41, 5.74) is 2.73. The number of thiophene rings is 1. The van der Waals surface area contributed by atoms with Gasteiger partial charge in [0.15, 0.2) is 0 Å². The number of hydrogen-bond donors (Lipinski definition) is 3. The zero-order valence-corrected chi connectivity index (χ0v) is 22.5. The predicted octanol–water partition coefficient (Wildman–Crippen LogP) is 5.42. The fourth-order valence-electron chi connectivity index (χ4n) is 5.16. The Hall–Kier alpha value is -3.92. The van der Waals surface area contributed by atoms with Crippen molar-refractivity contribution in [3.8, 4) is 5.75 Å². The second kappa shape index (κ2) is 10.4. The maximum absolute atomic E-state index is 13.5. The standard InChI is InChI=1S/C28H31N5O4S/c1-5-22(34)30-18-8-6-7-9-19(18)31-26(35)25-24-23-21(12-13-29-27(23)38-25)33(28(36)32-24)20-11-10-17(14-16(20)4)37-15(2)3/h5,10-15,18-19H,1,6-9H2,2-4H3,(H,30,34)(H,31,35)(H,32,36)/t18?,19-/m0/s1. The molecule has 1 unspecified atom stereocenters. The number of nitrogens with one attached hydrogen (secondary N) is 3. The van der Waals surface area contributed by atoms with Crippen molar-refractivity contribution in [1.29, 1.82) is 0 Å². The highest BCUT2D eigenvalue weighted by Crippen LogP contribution is 2.46. The third-order valence-electron chi connectivity index (χ3n) is 6.83. The van der Waals surface area contributed by atoms with Gasteiger partial charge in [-0.1, -0.05) is 19.4 Å². The molecule has 3 aromatic rings. The maximum atomic E-state index is 13.5. The van der Waals surface area contributed by atoms with Crippen LogP contribution in [0.25, 0.3) is 10.2 Å². The largest absolute Gasteiger partial charge is 0.491 e. The quantitative estimate of drug-likeness (QED) is 0.351. The lowest BCUT2D eigenvalue weighted by Crippen LogP contribution is -2.52. The Labute approximate surface area is 225 Å². The lowest BCUT2D eigenvalue weighted by Gasteiger charge is -2.32. The monoisotopic (exact) mass is 533 g/mol. The summed E-state index contributed by atoms with van der Waals surface area (Å²) in [5, 5.41) is 9.71. The second-order valence-corrected chi connectivity index (χ2v) is 10.9. The minimum atomic E-state index is -0.355. The number of hydrogen-bond acceptors (Lipinski definition) is 6. The molecule has 5 rings (SSSR count). The number of benzene rings is 1. The van der Waals surface area contributed by atoms with Gasteiger partial charge < -0.3 is 20.7 Å². The van der Waals surface area contributed by atoms with Crippen LogP contribution in [0, 0.1) is 6.92 Å². The summed E-state index contributed by atoms with van der Waals surface area (Å²) < 4.78 is 5.81. The van der Waals surface area contributed by atoms with Crippen LogP contribution in [0.15, 0.2) is 43.1 Å². The van der Waals surface area contributed by atoms with Crippen LogP contribution in [0.4, 0.5) is 21.9 Å². The van der Waals surface area contributed by atoms with Crippen LogP contribution in [-0.2, 0) is 4.79 Å². The summed E-state index contributed by atoms with van der Waals surface area (Å²) >= 11 is 1.24. The normalized spacial score (nSPS) is 18.7. The molecule has 2 atom stereocenters. The molecule has 10 heteroatoms. The molecule has 198 valence electrons. The van der Waals surface area contributed by atoms with E-state index in [1.54, 1.807) is 17.2 Å². The summed E-state index contributed by atoms with van der Waals surface area (Å²) in [5.74, 6) is 0.186. The highest BCUT2D eigenvalue weighted by molar-refractivity contribution is 7.21. The number of nitrogens with zero attached hydrogens (tertiary/aromatic N) is 2. The molecule has 1 aliphatic carbocycles. The van der Waals surface area contributed by atoms with E-state index < -0.39 is 0 Å². The molecule has 1 saturated carbocycles. The van der Waals surface area contributed by atoms with Crippen molar-refractivity contribution in [3.63, 3.8) is 0 Å². The highest BCUT2D eigenvalue weighted by atomic mass is 32.1. The number of carbonyl (C=O) groups excluding carboxylic acids is 3. The second-order valence-electron chi connectivity index (χ2n) is 9.88. The molecule has 1 aromatic carbocycles. The van der Waals surface area contributed by atoms with Crippen molar-refractivity contribution < 1.29 is 19.1 Å². The first-order chi connectivity index (χ1) is 18.3. The Morgan fingerprint density at radius 3 is 2.61 bits per heavy atom. The molecule has 4 amide bonds. The van der Waals surface area contributed by atoms with Gasteiger partial charge in [-0.25, -0.2) is 9.78 Å². The fourth-order valence-corrected chi connectivity index (χ4v) is 6.18. The number of anilines is 3. The molecular formula is C28H31N5O4S. The lowest BCUT2D eigenvalue weighted by atomic mass is 9.90. The zero-order valence-electron chi connectivity index (χ0n) is 21.7. The van der Waals surface area contributed by atoms with Crippen LogP contribution in [0.3, 0.4) is 0 Å². The number of ether oxygens (including phenoxy) is 1. The Bertz CT molecular complexity index is 1430. The van der Waals surface area contributed by atoms with Gasteiger partial charge >= 0.3 is 6.03 Å². The Balaban J connectivity index is 1.47. The van der Waals surface area contributed by atoms with E-state index in [1.165, 1.54) is 17.4 Å². The number of carbonyl (C=O) groups is 3. The molecule has 9 nitrogen and oxygen atoms in total. The maximum Gasteiger partial charge on any atom is 0.331 e. The summed E-state index contributed by atoms with van der Waals surface area (Å²) in [4.78, 5) is 46.0. The first-order valence-electron chi connectivity index (χ1n) is 12.8. The van der Waals surface area contributed by atoms with Crippen LogP contribution in [0.5, 0.6) is 5.75 Å². The van der Waals surface area contributed by atoms with E-state index in [2.05, 4.69) is 27.5 Å². The summed E-state index contributed by atoms with van der Waals surface area (Å²) in [6, 6.07) is 6.68. The van der Waals surface area contributed by atoms with Crippen LogP contribution in [-0.4, -0.2) is 41.0 Å². The van der Waals surface area contributed by atoms with Crippen molar-refractivity contribution in [3.05, 3.63) is 53.6 Å². The summed E-state index contributed by atoms with van der Waals surface area (Å²) in [7, 11) is 0. The predicted molar refractivity (Wildman–Crippen MR) is 150 cm³/mol. The van der Waals surface area contributed by atoms with E-state index >= 15 is 0 Å². The van der Waals surface area contributed by atoms with Gasteiger partial charge in [-0.15, -0.1) is 11.3 Å². The van der Waals surface area contributed by atoms with Crippen molar-refractivity contribution in [1.82, 2.24) is 15.6 Å². The third-order valence-corrected chi connectivity index (χ3v) is 7.93. The molecule has 2 aliphatic rings. The molecule has 3 heterocycles. The van der Waals surface area contributed by atoms with Gasteiger partial charge in [-0.05, 0) is 69.5 Å². The van der Waals surface area contributed by atoms with Gasteiger partial charge in [0.05, 0.1) is 28.6 Å². The fraction of sp³-hybridized carbons (Fsp3) is 0.357. The van der Waals surface area contributed by atoms with Crippen LogP contribution >= 0.6 is 11.3 Å². The molecule has 2 aromatic heterocycles. The molecular weight excluding hydrogens is 502 g/mol. The average Bonchev–Trinajstić information content (AvgIpc) is 3.25. The van der Waals surface area contributed by atoms with Crippen molar-refractivity contribution in [2.75, 3.05) is 10.2 Å². The first-order valence-corrected chi connectivity index (χ1v) is 13.6. The number of aryl methyl sites for hydroxylation is 1. The molecule has 0 radical (unpaired) electrons. The van der Waals surface area contributed by atoms with Crippen molar-refractivity contribution in [2.45, 2.75) is 64.6 Å². The van der Waals surface area contributed by atoms with Gasteiger partial charge in [-0.2, -0.15) is 0 Å². The molecule has 0 bridgehead atoms. The highest BCUT2D eigenvalue weighted by Gasteiger charge is 2.35. The molecule has 38 heavy (non-hydrogen) atoms. The number of urea groups is 1. The van der Waals surface area contributed by atoms with Crippen LogP contribution in [0.1, 0.15) is 54.8 Å². The van der Waals surface area contributed by atoms with Gasteiger partial charge in [0.2, 0.25) is 5.91 Å². The third kappa shape index (κ3) is 4.83. The first kappa shape index (κ1) is 25.7. The van der Waals surface area contributed by atoms with Gasteiger partial charge in [-0.3, -0.25) is 14.5 Å². The van der Waals surface area contributed by atoms with E-state index in [4.69, 9.17) is 4.74 Å². The number of amides is 4. The van der Waals surface area contributed by atoms with Gasteiger partial charge in [0.1, 0.15) is 15.5 Å². The van der Waals surface area contributed by atoms with E-state index in [0.29, 0.717) is 21.1 Å². The minimum absolute atomic E-state index is 0.0402. The Morgan fingerprint density at radius 1 is 1.18 bits per heavy atom. The lowest BCUT2D eigenvalue weighted by molar-refractivity contribution is -0.117. The van der Waals surface area contributed by atoms with Crippen molar-refractivity contribution in [2.24, 2.45) is 0 Å². The van der Waals surface area contributed by atoms with E-state index in [-0.39, 0.29) is 36.0 Å². The topological polar surface area (TPSA) is 113 Å². The van der Waals surface area contributed by atoms with Gasteiger partial charge in [0.25, 0.3) is 5.91 Å². The van der Waals surface area contributed by atoms with E-state index in [9.17, 15) is 14.4 Å².